The zero-order valence-electron chi connectivity index (χ0n) is 10.2. The molecule has 2 rings (SSSR count). The fourth-order valence-electron chi connectivity index (χ4n) is 1.58. The number of nitrogens with zero attached hydrogens (tertiary/aromatic N) is 1. The highest BCUT2D eigenvalue weighted by molar-refractivity contribution is 6.35. The molecule has 0 spiro atoms. The topological polar surface area (TPSA) is 79.3 Å². The lowest BCUT2D eigenvalue weighted by Crippen LogP contribution is -2.16. The van der Waals surface area contributed by atoms with Crippen molar-refractivity contribution in [1.29, 1.82) is 0 Å². The van der Waals surface area contributed by atoms with E-state index in [1.807, 2.05) is 0 Å². The molecular weight excluding hydrogens is 322 g/mol. The number of benzene rings is 1. The molecule has 108 valence electrons. The van der Waals surface area contributed by atoms with Gasteiger partial charge in [-0.2, -0.15) is 0 Å². The van der Waals surface area contributed by atoms with E-state index in [4.69, 9.17) is 28.3 Å². The number of aromatic carboxylic acids is 1. The van der Waals surface area contributed by atoms with Gasteiger partial charge < -0.3 is 10.4 Å². The molecule has 0 aliphatic carbocycles. The van der Waals surface area contributed by atoms with Crippen LogP contribution in [-0.2, 0) is 0 Å². The maximum Gasteiger partial charge on any atom is 0.337 e. The van der Waals surface area contributed by atoms with Crippen molar-refractivity contribution >= 4 is 40.8 Å². The van der Waals surface area contributed by atoms with E-state index >= 15 is 0 Å². The van der Waals surface area contributed by atoms with Gasteiger partial charge in [0.15, 0.2) is 0 Å². The molecule has 0 unspecified atom stereocenters. The molecule has 0 saturated heterocycles. The van der Waals surface area contributed by atoms with E-state index in [1.54, 1.807) is 0 Å². The normalized spacial score (nSPS) is 10.2. The van der Waals surface area contributed by atoms with Crippen molar-refractivity contribution in [3.63, 3.8) is 0 Å². The van der Waals surface area contributed by atoms with Crippen LogP contribution in [0.3, 0.4) is 0 Å². The molecule has 1 heterocycles. The van der Waals surface area contributed by atoms with Crippen LogP contribution in [0.5, 0.6) is 0 Å². The van der Waals surface area contributed by atoms with E-state index in [2.05, 4.69) is 10.3 Å². The second-order valence-electron chi connectivity index (χ2n) is 3.92. The number of aromatic nitrogens is 1. The molecule has 2 N–H and O–H groups in total. The third kappa shape index (κ3) is 3.48. The lowest BCUT2D eigenvalue weighted by atomic mass is 10.1. The molecule has 0 saturated carbocycles. The van der Waals surface area contributed by atoms with E-state index in [0.717, 1.165) is 18.2 Å². The Bertz CT molecular complexity index is 737. The number of carbonyl (C=O) groups is 2. The number of halogens is 3. The van der Waals surface area contributed by atoms with Gasteiger partial charge in [-0.1, -0.05) is 23.2 Å². The van der Waals surface area contributed by atoms with Crippen LogP contribution in [0.25, 0.3) is 0 Å². The molecule has 1 aromatic carbocycles. The fraction of sp³-hybridized carbons (Fsp3) is 0. The van der Waals surface area contributed by atoms with Crippen molar-refractivity contribution in [2.24, 2.45) is 0 Å². The number of nitrogens with one attached hydrogen (secondary N) is 1. The summed E-state index contributed by atoms with van der Waals surface area (Å²) in [6, 6.07) is 5.61. The zero-order valence-corrected chi connectivity index (χ0v) is 11.7. The SMILES string of the molecule is O=C(O)c1ccc(F)cc1NC(=O)c1ccc(Cl)nc1Cl. The number of carbonyl (C=O) groups excluding carboxylic acids is 1. The Balaban J connectivity index is 2.35. The van der Waals surface area contributed by atoms with Crippen LogP contribution in [0.4, 0.5) is 10.1 Å². The minimum atomic E-state index is -1.30. The number of rotatable bonds is 3. The van der Waals surface area contributed by atoms with Gasteiger partial charge in [0, 0.05) is 0 Å². The highest BCUT2D eigenvalue weighted by atomic mass is 35.5. The van der Waals surface area contributed by atoms with Crippen LogP contribution in [-0.4, -0.2) is 22.0 Å². The summed E-state index contributed by atoms with van der Waals surface area (Å²) in [7, 11) is 0. The molecule has 2 aromatic rings. The van der Waals surface area contributed by atoms with Crippen LogP contribution in [0.15, 0.2) is 30.3 Å². The van der Waals surface area contributed by atoms with E-state index in [1.165, 1.54) is 12.1 Å². The second kappa shape index (κ2) is 6.07. The molecule has 5 nitrogen and oxygen atoms in total. The van der Waals surface area contributed by atoms with Crippen molar-refractivity contribution in [3.05, 3.63) is 57.6 Å². The predicted octanol–water partition coefficient (Wildman–Crippen LogP) is 3.48. The van der Waals surface area contributed by atoms with Crippen molar-refractivity contribution in [1.82, 2.24) is 4.98 Å². The average molecular weight is 329 g/mol. The summed E-state index contributed by atoms with van der Waals surface area (Å²) in [5.41, 5.74) is -0.442. The van der Waals surface area contributed by atoms with Gasteiger partial charge in [-0.05, 0) is 30.3 Å². The molecule has 8 heteroatoms. The zero-order chi connectivity index (χ0) is 15.6. The maximum atomic E-state index is 13.2. The Labute approximate surface area is 128 Å². The number of anilines is 1. The van der Waals surface area contributed by atoms with Crippen LogP contribution >= 0.6 is 23.2 Å². The lowest BCUT2D eigenvalue weighted by molar-refractivity contribution is 0.0698. The summed E-state index contributed by atoms with van der Waals surface area (Å²) >= 11 is 11.4. The number of amides is 1. The van der Waals surface area contributed by atoms with Gasteiger partial charge in [0.1, 0.15) is 16.1 Å². The van der Waals surface area contributed by atoms with Crippen molar-refractivity contribution in [3.8, 4) is 0 Å². The van der Waals surface area contributed by atoms with Crippen LogP contribution < -0.4 is 5.32 Å². The van der Waals surface area contributed by atoms with Crippen molar-refractivity contribution < 1.29 is 19.1 Å². The molecule has 0 radical (unpaired) electrons. The summed E-state index contributed by atoms with van der Waals surface area (Å²) in [6.07, 6.45) is 0. The number of pyridine rings is 1. The number of carboxylic acids is 1. The molecule has 0 aliphatic heterocycles. The molecular formula is C13H7Cl2FN2O3. The van der Waals surface area contributed by atoms with Crippen LogP contribution in [0.2, 0.25) is 10.3 Å². The van der Waals surface area contributed by atoms with Gasteiger partial charge in [0.25, 0.3) is 5.91 Å². The number of hydrogen-bond donors (Lipinski definition) is 2. The lowest BCUT2D eigenvalue weighted by Gasteiger charge is -2.09. The first-order valence-electron chi connectivity index (χ1n) is 5.54. The minimum Gasteiger partial charge on any atom is -0.478 e. The molecule has 21 heavy (non-hydrogen) atoms. The van der Waals surface area contributed by atoms with E-state index in [0.29, 0.717) is 0 Å². The van der Waals surface area contributed by atoms with Gasteiger partial charge in [-0.3, -0.25) is 4.79 Å². The highest BCUT2D eigenvalue weighted by Crippen LogP contribution is 2.21. The third-order valence-corrected chi connectivity index (χ3v) is 3.02. The first kappa shape index (κ1) is 15.2. The summed E-state index contributed by atoms with van der Waals surface area (Å²) in [5, 5.41) is 11.2. The summed E-state index contributed by atoms with van der Waals surface area (Å²) < 4.78 is 13.2. The first-order chi connectivity index (χ1) is 9.88. The van der Waals surface area contributed by atoms with Gasteiger partial charge in [-0.15, -0.1) is 0 Å². The maximum absolute atomic E-state index is 13.2. The quantitative estimate of drug-likeness (QED) is 0.845. The smallest absolute Gasteiger partial charge is 0.337 e. The fourth-order valence-corrected chi connectivity index (χ4v) is 2.01. The van der Waals surface area contributed by atoms with Crippen molar-refractivity contribution in [2.75, 3.05) is 5.32 Å². The van der Waals surface area contributed by atoms with Gasteiger partial charge in [0.05, 0.1) is 16.8 Å². The van der Waals surface area contributed by atoms with Crippen molar-refractivity contribution in [2.45, 2.75) is 0 Å². The minimum absolute atomic E-state index is 0.0123. The van der Waals surface area contributed by atoms with E-state index in [9.17, 15) is 14.0 Å². The Morgan fingerprint density at radius 3 is 2.43 bits per heavy atom. The summed E-state index contributed by atoms with van der Waals surface area (Å²) in [4.78, 5) is 26.8. The Morgan fingerprint density at radius 2 is 1.81 bits per heavy atom. The van der Waals surface area contributed by atoms with Gasteiger partial charge >= 0.3 is 5.97 Å². The van der Waals surface area contributed by atoms with Crippen LogP contribution in [0.1, 0.15) is 20.7 Å². The summed E-state index contributed by atoms with van der Waals surface area (Å²) in [5.74, 6) is -2.71. The highest BCUT2D eigenvalue weighted by Gasteiger charge is 2.17. The Hall–Kier alpha value is -2.18. The average Bonchev–Trinajstić information content (AvgIpc) is 2.37. The Kier molecular flexibility index (Phi) is 4.40. The van der Waals surface area contributed by atoms with E-state index in [-0.39, 0.29) is 27.1 Å². The number of hydrogen-bond acceptors (Lipinski definition) is 3. The molecule has 0 fully saturated rings. The molecule has 1 amide bonds. The molecule has 0 aliphatic rings. The standard InChI is InChI=1S/C13H7Cl2FN2O3/c14-10-4-3-8(11(15)18-10)12(19)17-9-5-6(16)1-2-7(9)13(20)21/h1-5H,(H,17,19)(H,20,21). The predicted molar refractivity (Wildman–Crippen MR) is 75.6 cm³/mol. The first-order valence-corrected chi connectivity index (χ1v) is 6.30. The molecule has 1 aromatic heterocycles. The van der Waals surface area contributed by atoms with E-state index < -0.39 is 17.7 Å². The second-order valence-corrected chi connectivity index (χ2v) is 4.67. The molecule has 0 atom stereocenters. The summed E-state index contributed by atoms with van der Waals surface area (Å²) in [6.45, 7) is 0. The van der Waals surface area contributed by atoms with Crippen LogP contribution in [0, 0.1) is 5.82 Å². The largest absolute Gasteiger partial charge is 0.478 e. The number of carboxylic acid groups (broad SMARTS) is 1. The molecule has 0 bridgehead atoms. The van der Waals surface area contributed by atoms with Gasteiger partial charge in [0.2, 0.25) is 0 Å². The van der Waals surface area contributed by atoms with Gasteiger partial charge in [-0.25, -0.2) is 14.2 Å². The monoisotopic (exact) mass is 328 g/mol. The third-order valence-electron chi connectivity index (χ3n) is 2.52. The Morgan fingerprint density at radius 1 is 1.14 bits per heavy atom.